The number of rotatable bonds is 7. The maximum Gasteiger partial charge on any atom is 0.303 e. The lowest BCUT2D eigenvalue weighted by atomic mass is 9.84. The van der Waals surface area contributed by atoms with Crippen molar-refractivity contribution < 1.29 is 24.9 Å². The maximum atomic E-state index is 10.3. The number of aliphatic hydroxyl groups excluding tert-OH is 2. The molecule has 0 radical (unpaired) electrons. The van der Waals surface area contributed by atoms with Crippen molar-refractivity contribution in [1.29, 1.82) is 0 Å². The van der Waals surface area contributed by atoms with E-state index in [1.807, 2.05) is 6.92 Å². The summed E-state index contributed by atoms with van der Waals surface area (Å²) in [5, 5.41) is 24.7. The van der Waals surface area contributed by atoms with Gasteiger partial charge < -0.3 is 20.1 Å². The van der Waals surface area contributed by atoms with Gasteiger partial charge in [-0.25, -0.2) is 0 Å². The van der Waals surface area contributed by atoms with Crippen molar-refractivity contribution in [3.63, 3.8) is 0 Å². The second-order valence-corrected chi connectivity index (χ2v) is 5.53. The lowest BCUT2D eigenvalue weighted by Gasteiger charge is -2.21. The molecule has 0 saturated heterocycles. The Kier molecular flexibility index (Phi) is 12.5. The molecule has 0 spiro atoms. The van der Waals surface area contributed by atoms with Gasteiger partial charge in [-0.2, -0.15) is 0 Å². The van der Waals surface area contributed by atoms with Crippen molar-refractivity contribution in [2.24, 2.45) is 11.3 Å². The van der Waals surface area contributed by atoms with Crippen molar-refractivity contribution in [2.45, 2.75) is 40.5 Å². The topological polar surface area (TPSA) is 87.0 Å². The number of ether oxygens (including phenoxy) is 1. The number of aliphatic carboxylic acids is 1. The third kappa shape index (κ3) is 20.7. The van der Waals surface area contributed by atoms with E-state index >= 15 is 0 Å². The summed E-state index contributed by atoms with van der Waals surface area (Å²) in [6, 6.07) is 0. The highest BCUT2D eigenvalue weighted by molar-refractivity contribution is 5.66. The average molecular weight is 264 g/mol. The highest BCUT2D eigenvalue weighted by atomic mass is 16.5. The maximum absolute atomic E-state index is 10.3. The number of aliphatic hydroxyl groups is 2. The van der Waals surface area contributed by atoms with Gasteiger partial charge in [0, 0.05) is 6.42 Å². The van der Waals surface area contributed by atoms with Crippen LogP contribution in [0, 0.1) is 11.3 Å². The van der Waals surface area contributed by atoms with E-state index in [1.54, 1.807) is 0 Å². The summed E-state index contributed by atoms with van der Waals surface area (Å²) in [5.41, 5.74) is 0.245. The molecule has 0 bridgehead atoms. The Balaban J connectivity index is 0. The van der Waals surface area contributed by atoms with Gasteiger partial charge in [-0.05, 0) is 17.8 Å². The van der Waals surface area contributed by atoms with Crippen LogP contribution in [-0.4, -0.2) is 47.7 Å². The van der Waals surface area contributed by atoms with E-state index in [0.717, 1.165) is 6.42 Å². The summed E-state index contributed by atoms with van der Waals surface area (Å²) in [7, 11) is 0. The molecule has 5 heteroatoms. The van der Waals surface area contributed by atoms with Crippen LogP contribution in [0.5, 0.6) is 0 Å². The van der Waals surface area contributed by atoms with Crippen molar-refractivity contribution in [3.05, 3.63) is 0 Å². The molecule has 0 aliphatic rings. The van der Waals surface area contributed by atoms with E-state index in [4.69, 9.17) is 15.3 Å². The number of hydrogen-bond acceptors (Lipinski definition) is 4. The second kappa shape index (κ2) is 11.4. The molecule has 0 aromatic carbocycles. The van der Waals surface area contributed by atoms with Crippen LogP contribution >= 0.6 is 0 Å². The SMILES string of the molecule is CC(CC(=O)O)CC(C)(C)C.OCCOCCO. The molecule has 3 N–H and O–H groups in total. The number of hydrogen-bond donors (Lipinski definition) is 3. The molecule has 0 amide bonds. The van der Waals surface area contributed by atoms with Crippen molar-refractivity contribution in [3.8, 4) is 0 Å². The first-order chi connectivity index (χ1) is 8.22. The predicted molar refractivity (Wildman–Crippen MR) is 70.5 cm³/mol. The fourth-order valence-corrected chi connectivity index (χ4v) is 1.65. The van der Waals surface area contributed by atoms with Gasteiger partial charge in [0.1, 0.15) is 0 Å². The van der Waals surface area contributed by atoms with Gasteiger partial charge in [0.25, 0.3) is 0 Å². The molecule has 1 atom stereocenters. The summed E-state index contributed by atoms with van der Waals surface area (Å²) in [6.07, 6.45) is 1.26. The Morgan fingerprint density at radius 2 is 1.61 bits per heavy atom. The molecule has 18 heavy (non-hydrogen) atoms. The van der Waals surface area contributed by atoms with Crippen molar-refractivity contribution in [1.82, 2.24) is 0 Å². The van der Waals surface area contributed by atoms with E-state index < -0.39 is 5.97 Å². The summed E-state index contributed by atoms with van der Waals surface area (Å²) >= 11 is 0. The fraction of sp³-hybridized carbons (Fsp3) is 0.923. The molecule has 0 aromatic heterocycles. The minimum Gasteiger partial charge on any atom is -0.481 e. The average Bonchev–Trinajstić information content (AvgIpc) is 2.15. The lowest BCUT2D eigenvalue weighted by molar-refractivity contribution is -0.138. The summed E-state index contributed by atoms with van der Waals surface area (Å²) in [5.74, 6) is -0.408. The molecule has 0 fully saturated rings. The zero-order valence-electron chi connectivity index (χ0n) is 12.0. The van der Waals surface area contributed by atoms with Crippen LogP contribution in [0.2, 0.25) is 0 Å². The quantitative estimate of drug-likeness (QED) is 0.607. The zero-order chi connectivity index (χ0) is 14.6. The van der Waals surface area contributed by atoms with Gasteiger partial charge in [-0.3, -0.25) is 4.79 Å². The van der Waals surface area contributed by atoms with Gasteiger partial charge in [0.15, 0.2) is 0 Å². The molecule has 0 aliphatic carbocycles. The first kappa shape index (κ1) is 19.7. The van der Waals surface area contributed by atoms with Gasteiger partial charge in [-0.15, -0.1) is 0 Å². The minimum atomic E-state index is -0.693. The molecule has 0 aliphatic heterocycles. The number of carboxylic acid groups (broad SMARTS) is 1. The lowest BCUT2D eigenvalue weighted by Crippen LogP contribution is -2.13. The molecule has 0 rings (SSSR count). The minimum absolute atomic E-state index is 0.0278. The molecule has 1 unspecified atom stereocenters. The zero-order valence-corrected chi connectivity index (χ0v) is 12.0. The first-order valence-electron chi connectivity index (χ1n) is 6.24. The Morgan fingerprint density at radius 1 is 1.17 bits per heavy atom. The van der Waals surface area contributed by atoms with Gasteiger partial charge >= 0.3 is 5.97 Å². The Labute approximate surface area is 110 Å². The van der Waals surface area contributed by atoms with E-state index in [2.05, 4.69) is 25.5 Å². The molecule has 110 valence electrons. The van der Waals surface area contributed by atoms with Crippen LogP contribution in [0.3, 0.4) is 0 Å². The van der Waals surface area contributed by atoms with Crippen LogP contribution in [-0.2, 0) is 9.53 Å². The Morgan fingerprint density at radius 3 is 1.89 bits per heavy atom. The third-order valence-electron chi connectivity index (χ3n) is 1.96. The monoisotopic (exact) mass is 264 g/mol. The van der Waals surface area contributed by atoms with Crippen LogP contribution in [0.4, 0.5) is 0 Å². The summed E-state index contributed by atoms with van der Waals surface area (Å²) in [4.78, 5) is 10.3. The van der Waals surface area contributed by atoms with Crippen LogP contribution < -0.4 is 0 Å². The van der Waals surface area contributed by atoms with Crippen LogP contribution in [0.25, 0.3) is 0 Å². The van der Waals surface area contributed by atoms with E-state index in [-0.39, 0.29) is 31.0 Å². The van der Waals surface area contributed by atoms with E-state index in [0.29, 0.717) is 13.2 Å². The highest BCUT2D eigenvalue weighted by Crippen LogP contribution is 2.25. The highest BCUT2D eigenvalue weighted by Gasteiger charge is 2.16. The second-order valence-electron chi connectivity index (χ2n) is 5.53. The molecule has 5 nitrogen and oxygen atoms in total. The van der Waals surface area contributed by atoms with Gasteiger partial charge in [0.2, 0.25) is 0 Å². The Hall–Kier alpha value is -0.650. The fourth-order valence-electron chi connectivity index (χ4n) is 1.65. The summed E-state index contributed by atoms with van der Waals surface area (Å²) in [6.45, 7) is 9.07. The van der Waals surface area contributed by atoms with Crippen molar-refractivity contribution >= 4 is 5.97 Å². The summed E-state index contributed by atoms with van der Waals surface area (Å²) < 4.78 is 4.63. The number of carbonyl (C=O) groups is 1. The molecule has 0 heterocycles. The molecular formula is C13H28O5. The molecule has 0 saturated carbocycles. The predicted octanol–water partition coefficient (Wildman–Crippen LogP) is 1.52. The van der Waals surface area contributed by atoms with Gasteiger partial charge in [-0.1, -0.05) is 27.7 Å². The Bertz CT molecular complexity index is 194. The van der Waals surface area contributed by atoms with Crippen LogP contribution in [0.15, 0.2) is 0 Å². The third-order valence-corrected chi connectivity index (χ3v) is 1.96. The van der Waals surface area contributed by atoms with E-state index in [9.17, 15) is 4.79 Å². The van der Waals surface area contributed by atoms with Gasteiger partial charge in [0.05, 0.1) is 26.4 Å². The van der Waals surface area contributed by atoms with E-state index in [1.165, 1.54) is 0 Å². The smallest absolute Gasteiger partial charge is 0.303 e. The first-order valence-corrected chi connectivity index (χ1v) is 6.24. The number of carboxylic acids is 1. The largest absolute Gasteiger partial charge is 0.481 e. The normalized spacial score (nSPS) is 12.6. The van der Waals surface area contributed by atoms with Crippen molar-refractivity contribution in [2.75, 3.05) is 26.4 Å². The molecule has 0 aromatic rings. The van der Waals surface area contributed by atoms with Crippen LogP contribution in [0.1, 0.15) is 40.5 Å². The standard InChI is InChI=1S/C9H18O2.C4H10O3/c1-7(5-8(10)11)6-9(2,3)4;5-1-3-7-4-2-6/h7H,5-6H2,1-4H3,(H,10,11);5-6H,1-4H2. The molecular weight excluding hydrogens is 236 g/mol.